The number of nitrogens with one attached hydrogen (secondary N) is 2. The highest BCUT2D eigenvalue weighted by atomic mass is 16.1. The SMILES string of the molecule is Cc1cnc2ccc(-c3nc(C(=O)NCc4cccc(N5CCC(N(C)C)C5)n4)c(N)nc3-c3ccc[nH]3)cn12. The first kappa shape index (κ1) is 25.5. The van der Waals surface area contributed by atoms with Crippen LogP contribution in [0.1, 0.15) is 28.3 Å². The summed E-state index contributed by atoms with van der Waals surface area (Å²) in [5.74, 6) is 0.558. The summed E-state index contributed by atoms with van der Waals surface area (Å²) >= 11 is 0. The number of rotatable bonds is 7. The quantitative estimate of drug-likeness (QED) is 0.289. The number of imidazole rings is 1. The topological polar surface area (TPSA) is 133 Å². The third-order valence-corrected chi connectivity index (χ3v) is 7.39. The summed E-state index contributed by atoms with van der Waals surface area (Å²) < 4.78 is 1.98. The van der Waals surface area contributed by atoms with Gasteiger partial charge in [-0.3, -0.25) is 4.79 Å². The van der Waals surface area contributed by atoms with Gasteiger partial charge in [-0.1, -0.05) is 6.07 Å². The molecule has 0 spiro atoms. The van der Waals surface area contributed by atoms with Crippen molar-refractivity contribution in [2.45, 2.75) is 25.9 Å². The second kappa shape index (κ2) is 10.4. The van der Waals surface area contributed by atoms with E-state index < -0.39 is 5.91 Å². The Balaban J connectivity index is 1.27. The lowest BCUT2D eigenvalue weighted by molar-refractivity contribution is 0.0946. The largest absolute Gasteiger partial charge is 0.382 e. The van der Waals surface area contributed by atoms with Crippen LogP contribution in [-0.4, -0.2) is 73.4 Å². The van der Waals surface area contributed by atoms with Crippen molar-refractivity contribution < 1.29 is 4.79 Å². The van der Waals surface area contributed by atoms with Crippen LogP contribution in [-0.2, 0) is 6.54 Å². The van der Waals surface area contributed by atoms with Crippen molar-refractivity contribution in [3.63, 3.8) is 0 Å². The second-order valence-electron chi connectivity index (χ2n) is 10.3. The summed E-state index contributed by atoms with van der Waals surface area (Å²) in [5, 5.41) is 2.93. The van der Waals surface area contributed by atoms with Crippen LogP contribution in [0.25, 0.3) is 28.3 Å². The molecular weight excluding hydrogens is 504 g/mol. The van der Waals surface area contributed by atoms with Gasteiger partial charge in [-0.15, -0.1) is 0 Å². The standard InChI is InChI=1S/C29H32N10O/c1-18-14-32-23-10-9-19(16-39(18)23)25-26(22-7-5-12-31-22)36-28(30)27(35-25)29(40)33-15-20-6-4-8-24(34-20)38-13-11-21(17-38)37(2)3/h4-10,12,14,16,21,31H,11,13,15,17H2,1-3H3,(H2,30,36)(H,33,40). The van der Waals surface area contributed by atoms with Crippen molar-refractivity contribution in [3.05, 3.63) is 78.1 Å². The van der Waals surface area contributed by atoms with E-state index in [0.29, 0.717) is 17.4 Å². The Hall–Kier alpha value is -4.77. The lowest BCUT2D eigenvalue weighted by atomic mass is 10.1. The van der Waals surface area contributed by atoms with E-state index in [-0.39, 0.29) is 18.1 Å². The van der Waals surface area contributed by atoms with Crippen LogP contribution in [0.2, 0.25) is 0 Å². The van der Waals surface area contributed by atoms with Crippen LogP contribution in [0.4, 0.5) is 11.6 Å². The molecule has 5 aromatic heterocycles. The number of aromatic nitrogens is 6. The Morgan fingerprint density at radius 1 is 1.12 bits per heavy atom. The number of amides is 1. The number of H-pyrrole nitrogens is 1. The van der Waals surface area contributed by atoms with Gasteiger partial charge in [0.15, 0.2) is 11.5 Å². The molecule has 0 bridgehead atoms. The van der Waals surface area contributed by atoms with E-state index in [4.69, 9.17) is 15.7 Å². The number of likely N-dealkylation sites (N-methyl/N-ethyl adjacent to an activating group) is 1. The average molecular weight is 537 g/mol. The number of nitrogens with zero attached hydrogens (tertiary/aromatic N) is 7. The van der Waals surface area contributed by atoms with Crippen molar-refractivity contribution in [1.82, 2.24) is 39.5 Å². The number of carbonyl (C=O) groups excluding carboxylic acids is 1. The molecule has 1 unspecified atom stereocenters. The first-order chi connectivity index (χ1) is 19.4. The Labute approximate surface area is 232 Å². The summed E-state index contributed by atoms with van der Waals surface area (Å²) in [6, 6.07) is 14.0. The Kier molecular flexibility index (Phi) is 6.64. The van der Waals surface area contributed by atoms with E-state index in [0.717, 1.165) is 53.6 Å². The number of anilines is 2. The molecule has 1 amide bonds. The molecule has 11 heteroatoms. The van der Waals surface area contributed by atoms with E-state index >= 15 is 0 Å². The van der Waals surface area contributed by atoms with E-state index in [2.05, 4.69) is 44.2 Å². The highest BCUT2D eigenvalue weighted by molar-refractivity contribution is 5.97. The number of carbonyl (C=O) groups is 1. The van der Waals surface area contributed by atoms with Gasteiger partial charge in [0.25, 0.3) is 5.91 Å². The molecule has 1 saturated heterocycles. The van der Waals surface area contributed by atoms with E-state index in [1.807, 2.05) is 72.4 Å². The molecule has 1 aliphatic heterocycles. The molecule has 1 atom stereocenters. The average Bonchev–Trinajstić information content (AvgIpc) is 3.74. The van der Waals surface area contributed by atoms with Crippen LogP contribution in [0.5, 0.6) is 0 Å². The van der Waals surface area contributed by atoms with Crippen molar-refractivity contribution in [2.75, 3.05) is 37.8 Å². The zero-order valence-electron chi connectivity index (χ0n) is 22.8. The number of pyridine rings is 2. The van der Waals surface area contributed by atoms with Crippen molar-refractivity contribution in [3.8, 4) is 22.6 Å². The number of hydrogen-bond acceptors (Lipinski definition) is 8. The number of hydrogen-bond donors (Lipinski definition) is 3. The molecule has 204 valence electrons. The summed E-state index contributed by atoms with van der Waals surface area (Å²) in [7, 11) is 4.21. The predicted molar refractivity (Wildman–Crippen MR) is 155 cm³/mol. The molecule has 0 aliphatic carbocycles. The van der Waals surface area contributed by atoms with Gasteiger partial charge in [-0.2, -0.15) is 0 Å². The third-order valence-electron chi connectivity index (χ3n) is 7.39. The summed E-state index contributed by atoms with van der Waals surface area (Å²) in [6.45, 7) is 4.11. The highest BCUT2D eigenvalue weighted by Gasteiger charge is 2.25. The van der Waals surface area contributed by atoms with Crippen LogP contribution in [0, 0.1) is 6.92 Å². The summed E-state index contributed by atoms with van der Waals surface area (Å²) in [6.07, 6.45) is 6.67. The molecular formula is C29H32N10O. The smallest absolute Gasteiger partial charge is 0.274 e. The lowest BCUT2D eigenvalue weighted by Crippen LogP contribution is -2.32. The molecule has 0 aromatic carbocycles. The molecule has 11 nitrogen and oxygen atoms in total. The monoisotopic (exact) mass is 536 g/mol. The maximum absolute atomic E-state index is 13.3. The van der Waals surface area contributed by atoms with Gasteiger partial charge in [0.1, 0.15) is 22.9 Å². The summed E-state index contributed by atoms with van der Waals surface area (Å²) in [4.78, 5) is 39.6. The lowest BCUT2D eigenvalue weighted by Gasteiger charge is -2.21. The third kappa shape index (κ3) is 4.87. The van der Waals surface area contributed by atoms with Crippen LogP contribution >= 0.6 is 0 Å². The fourth-order valence-corrected chi connectivity index (χ4v) is 5.09. The molecule has 40 heavy (non-hydrogen) atoms. The van der Waals surface area contributed by atoms with Crippen LogP contribution < -0.4 is 16.0 Å². The molecule has 0 saturated carbocycles. The second-order valence-corrected chi connectivity index (χ2v) is 10.3. The molecule has 5 aromatic rings. The van der Waals surface area contributed by atoms with Gasteiger partial charge in [-0.25, -0.2) is 19.9 Å². The van der Waals surface area contributed by atoms with Gasteiger partial charge in [-0.05, 0) is 63.8 Å². The van der Waals surface area contributed by atoms with E-state index in [1.165, 1.54) is 0 Å². The fraction of sp³-hybridized carbons (Fsp3) is 0.276. The molecule has 0 radical (unpaired) electrons. The predicted octanol–water partition coefficient (Wildman–Crippen LogP) is 3.14. The number of fused-ring (bicyclic) bond motifs is 1. The molecule has 1 aliphatic rings. The van der Waals surface area contributed by atoms with Crippen LogP contribution in [0.3, 0.4) is 0 Å². The highest BCUT2D eigenvalue weighted by Crippen LogP contribution is 2.30. The number of aryl methyl sites for hydroxylation is 1. The minimum absolute atomic E-state index is 0.0549. The summed E-state index contributed by atoms with van der Waals surface area (Å²) in [5.41, 5.74) is 11.6. The maximum Gasteiger partial charge on any atom is 0.274 e. The Morgan fingerprint density at radius 3 is 2.77 bits per heavy atom. The number of nitrogens with two attached hydrogens (primary N) is 1. The van der Waals surface area contributed by atoms with Gasteiger partial charge >= 0.3 is 0 Å². The minimum atomic E-state index is -0.412. The van der Waals surface area contributed by atoms with Crippen LogP contribution in [0.15, 0.2) is 61.1 Å². The minimum Gasteiger partial charge on any atom is -0.382 e. The van der Waals surface area contributed by atoms with Crippen molar-refractivity contribution in [1.29, 1.82) is 0 Å². The van der Waals surface area contributed by atoms with E-state index in [9.17, 15) is 4.79 Å². The number of aromatic amines is 1. The van der Waals surface area contributed by atoms with Crippen molar-refractivity contribution in [2.24, 2.45) is 0 Å². The zero-order chi connectivity index (χ0) is 27.8. The Morgan fingerprint density at radius 2 is 2.00 bits per heavy atom. The van der Waals surface area contributed by atoms with Crippen molar-refractivity contribution >= 4 is 23.2 Å². The van der Waals surface area contributed by atoms with Gasteiger partial charge in [0.2, 0.25) is 0 Å². The van der Waals surface area contributed by atoms with Gasteiger partial charge < -0.3 is 30.2 Å². The first-order valence-corrected chi connectivity index (χ1v) is 13.3. The zero-order valence-corrected chi connectivity index (χ0v) is 22.8. The first-order valence-electron chi connectivity index (χ1n) is 13.3. The maximum atomic E-state index is 13.3. The van der Waals surface area contributed by atoms with Gasteiger partial charge in [0, 0.05) is 49.0 Å². The normalized spacial score (nSPS) is 15.3. The molecule has 6 heterocycles. The molecule has 1 fully saturated rings. The molecule has 4 N–H and O–H groups in total. The fourth-order valence-electron chi connectivity index (χ4n) is 5.09. The van der Waals surface area contributed by atoms with Gasteiger partial charge in [0.05, 0.1) is 17.9 Å². The van der Waals surface area contributed by atoms with E-state index in [1.54, 1.807) is 0 Å². The Bertz CT molecular complexity index is 1670. The number of nitrogen functional groups attached to an aromatic ring is 1. The molecule has 6 rings (SSSR count).